The molecule has 9 heteroatoms. The Kier molecular flexibility index (Phi) is 5.02. The molecule has 3 aromatic heterocycles. The molecule has 3 heterocycles. The second kappa shape index (κ2) is 7.93. The lowest BCUT2D eigenvalue weighted by Crippen LogP contribution is -2.29. The zero-order chi connectivity index (χ0) is 20.2. The van der Waals surface area contributed by atoms with Crippen molar-refractivity contribution in [2.24, 2.45) is 0 Å². The molecule has 9 nitrogen and oxygen atoms in total. The molecule has 0 saturated carbocycles. The quantitative estimate of drug-likeness (QED) is 0.483. The maximum Gasteiger partial charge on any atom is 0.287 e. The number of aromatic nitrogens is 4. The molecule has 4 aromatic rings. The molecule has 2 N–H and O–H groups in total. The highest BCUT2D eigenvalue weighted by Gasteiger charge is 2.11. The van der Waals surface area contributed by atoms with E-state index in [9.17, 15) is 9.59 Å². The third-order valence-corrected chi connectivity index (χ3v) is 4.30. The molecule has 29 heavy (non-hydrogen) atoms. The van der Waals surface area contributed by atoms with Crippen LogP contribution in [0.4, 0.5) is 5.82 Å². The number of nitrogens with zero attached hydrogens (tertiary/aromatic N) is 4. The third-order valence-electron chi connectivity index (χ3n) is 4.30. The fourth-order valence-electron chi connectivity index (χ4n) is 2.87. The lowest BCUT2D eigenvalue weighted by atomic mass is 10.2. The van der Waals surface area contributed by atoms with Crippen molar-refractivity contribution in [3.63, 3.8) is 0 Å². The van der Waals surface area contributed by atoms with E-state index in [0.29, 0.717) is 35.7 Å². The molecule has 4 rings (SSSR count). The zero-order valence-electron chi connectivity index (χ0n) is 15.6. The van der Waals surface area contributed by atoms with E-state index in [1.54, 1.807) is 36.5 Å². The van der Waals surface area contributed by atoms with Crippen LogP contribution in [0.25, 0.3) is 16.8 Å². The van der Waals surface area contributed by atoms with E-state index in [0.717, 1.165) is 5.82 Å². The van der Waals surface area contributed by atoms with Crippen LogP contribution in [-0.4, -0.2) is 38.5 Å². The summed E-state index contributed by atoms with van der Waals surface area (Å²) >= 11 is 0. The van der Waals surface area contributed by atoms with E-state index < -0.39 is 5.91 Å². The van der Waals surface area contributed by atoms with Gasteiger partial charge in [-0.3, -0.25) is 14.2 Å². The third kappa shape index (κ3) is 3.98. The van der Waals surface area contributed by atoms with E-state index in [-0.39, 0.29) is 11.2 Å². The Hall–Kier alpha value is -4.01. The Balaban J connectivity index is 1.36. The van der Waals surface area contributed by atoms with Crippen molar-refractivity contribution in [1.82, 2.24) is 24.8 Å². The zero-order valence-corrected chi connectivity index (χ0v) is 15.6. The van der Waals surface area contributed by atoms with Crippen LogP contribution in [0.1, 0.15) is 16.4 Å². The monoisotopic (exact) mass is 390 g/mol. The van der Waals surface area contributed by atoms with Crippen molar-refractivity contribution in [3.8, 4) is 5.82 Å². The van der Waals surface area contributed by atoms with Crippen molar-refractivity contribution >= 4 is 22.7 Å². The predicted molar refractivity (Wildman–Crippen MR) is 107 cm³/mol. The van der Waals surface area contributed by atoms with Gasteiger partial charge < -0.3 is 15.1 Å². The molecule has 0 aliphatic heterocycles. The number of benzene rings is 1. The average Bonchev–Trinajstić information content (AvgIpc) is 3.17. The van der Waals surface area contributed by atoms with E-state index in [2.05, 4.69) is 25.6 Å². The van der Waals surface area contributed by atoms with Crippen LogP contribution in [-0.2, 0) is 0 Å². The number of anilines is 1. The molecule has 1 aromatic carbocycles. The van der Waals surface area contributed by atoms with E-state index >= 15 is 0 Å². The minimum Gasteiger partial charge on any atom is -0.451 e. The fourth-order valence-corrected chi connectivity index (χ4v) is 2.87. The highest BCUT2D eigenvalue weighted by Crippen LogP contribution is 2.12. The highest BCUT2D eigenvalue weighted by atomic mass is 16.3. The number of rotatable bonds is 6. The summed E-state index contributed by atoms with van der Waals surface area (Å²) in [6.07, 6.45) is 4.98. The van der Waals surface area contributed by atoms with Gasteiger partial charge in [0.2, 0.25) is 0 Å². The second-order valence-electron chi connectivity index (χ2n) is 6.26. The normalized spacial score (nSPS) is 10.8. The van der Waals surface area contributed by atoms with E-state index in [1.165, 1.54) is 12.4 Å². The number of carbonyl (C=O) groups excluding carboxylic acids is 1. The van der Waals surface area contributed by atoms with Gasteiger partial charge in [0.15, 0.2) is 11.2 Å². The minimum atomic E-state index is -0.452. The summed E-state index contributed by atoms with van der Waals surface area (Å²) in [6, 6.07) is 9.81. The lowest BCUT2D eigenvalue weighted by Gasteiger charge is -2.09. The molecule has 0 spiro atoms. The van der Waals surface area contributed by atoms with Crippen molar-refractivity contribution in [2.75, 3.05) is 18.4 Å². The molecule has 0 atom stereocenters. The first-order chi connectivity index (χ1) is 14.1. The summed E-state index contributed by atoms with van der Waals surface area (Å²) in [7, 11) is 0. The first kappa shape index (κ1) is 18.4. The summed E-state index contributed by atoms with van der Waals surface area (Å²) in [4.78, 5) is 37.0. The second-order valence-corrected chi connectivity index (χ2v) is 6.26. The van der Waals surface area contributed by atoms with Crippen LogP contribution >= 0.6 is 0 Å². The molecule has 0 fully saturated rings. The molecule has 1 amide bonds. The van der Waals surface area contributed by atoms with Crippen LogP contribution in [0.5, 0.6) is 0 Å². The first-order valence-electron chi connectivity index (χ1n) is 8.99. The number of para-hydroxylation sites is 1. The Labute approximate surface area is 165 Å². The molecule has 0 bridgehead atoms. The summed E-state index contributed by atoms with van der Waals surface area (Å²) in [5.41, 5.74) is 0.130. The summed E-state index contributed by atoms with van der Waals surface area (Å²) in [5.74, 6) is 1.66. The first-order valence-corrected chi connectivity index (χ1v) is 8.99. The summed E-state index contributed by atoms with van der Waals surface area (Å²) in [6.45, 7) is 2.64. The average molecular weight is 390 g/mol. The maximum absolute atomic E-state index is 12.3. The summed E-state index contributed by atoms with van der Waals surface area (Å²) < 4.78 is 7.37. The van der Waals surface area contributed by atoms with Crippen LogP contribution in [0.2, 0.25) is 0 Å². The van der Waals surface area contributed by atoms with Crippen molar-refractivity contribution in [1.29, 1.82) is 0 Å². The van der Waals surface area contributed by atoms with Gasteiger partial charge in [-0.2, -0.15) is 0 Å². The number of hydrogen-bond acceptors (Lipinski definition) is 7. The van der Waals surface area contributed by atoms with Gasteiger partial charge in [-0.05, 0) is 19.1 Å². The number of amides is 1. The number of fused-ring (bicyclic) bond motifs is 1. The van der Waals surface area contributed by atoms with E-state index in [1.807, 2.05) is 17.7 Å². The molecule has 0 aliphatic carbocycles. The van der Waals surface area contributed by atoms with Gasteiger partial charge in [-0.25, -0.2) is 15.0 Å². The van der Waals surface area contributed by atoms with Crippen LogP contribution < -0.4 is 16.1 Å². The van der Waals surface area contributed by atoms with Gasteiger partial charge in [0.05, 0.1) is 5.39 Å². The van der Waals surface area contributed by atoms with Gasteiger partial charge in [-0.1, -0.05) is 12.1 Å². The molecule has 0 aliphatic rings. The molecular weight excluding hydrogens is 372 g/mol. The standard InChI is InChI=1S/C20H18N6O3/c1-13-21-8-9-26(13)19-11-18(24-12-25-19)22-6-7-23-20(28)17-10-15(27)14-4-2-3-5-16(14)29-17/h2-5,8-12H,6-7H2,1H3,(H,23,28)(H,22,24,25). The Bertz CT molecular complexity index is 1230. The Morgan fingerprint density at radius 3 is 2.83 bits per heavy atom. The van der Waals surface area contributed by atoms with Crippen molar-refractivity contribution in [2.45, 2.75) is 6.92 Å². The smallest absolute Gasteiger partial charge is 0.287 e. The number of hydrogen-bond donors (Lipinski definition) is 2. The SMILES string of the molecule is Cc1nccn1-c1cc(NCCNC(=O)c2cc(=O)c3ccccc3o2)ncn1. The Morgan fingerprint density at radius 2 is 2.00 bits per heavy atom. The van der Waals surface area contributed by atoms with Gasteiger partial charge in [0.25, 0.3) is 5.91 Å². The number of nitrogens with one attached hydrogen (secondary N) is 2. The number of carbonyl (C=O) groups is 1. The molecule has 146 valence electrons. The van der Waals surface area contributed by atoms with Gasteiger partial charge in [0.1, 0.15) is 29.4 Å². The Morgan fingerprint density at radius 1 is 1.14 bits per heavy atom. The van der Waals surface area contributed by atoms with Crippen LogP contribution in [0.3, 0.4) is 0 Å². The number of imidazole rings is 1. The van der Waals surface area contributed by atoms with Gasteiger partial charge in [0, 0.05) is 37.6 Å². The largest absolute Gasteiger partial charge is 0.451 e. The predicted octanol–water partition coefficient (Wildman–Crippen LogP) is 1.92. The molecule has 0 unspecified atom stereocenters. The highest BCUT2D eigenvalue weighted by molar-refractivity contribution is 5.93. The van der Waals surface area contributed by atoms with Gasteiger partial charge >= 0.3 is 0 Å². The van der Waals surface area contributed by atoms with Crippen molar-refractivity contribution < 1.29 is 9.21 Å². The molecular formula is C20H18N6O3. The van der Waals surface area contributed by atoms with Gasteiger partial charge in [-0.15, -0.1) is 0 Å². The summed E-state index contributed by atoms with van der Waals surface area (Å²) in [5, 5.41) is 6.29. The number of aryl methyl sites for hydroxylation is 1. The minimum absolute atomic E-state index is 0.0198. The molecule has 0 radical (unpaired) electrons. The van der Waals surface area contributed by atoms with E-state index in [4.69, 9.17) is 4.42 Å². The molecule has 0 saturated heterocycles. The van der Waals surface area contributed by atoms with Crippen molar-refractivity contribution in [3.05, 3.63) is 76.9 Å². The fraction of sp³-hybridized carbons (Fsp3) is 0.150. The topological polar surface area (TPSA) is 115 Å². The lowest BCUT2D eigenvalue weighted by molar-refractivity contribution is 0.0928. The van der Waals surface area contributed by atoms with Crippen LogP contribution in [0.15, 0.2) is 64.3 Å². The van der Waals surface area contributed by atoms with Crippen LogP contribution in [0, 0.1) is 6.92 Å². The maximum atomic E-state index is 12.3.